The van der Waals surface area contributed by atoms with Gasteiger partial charge in [0.25, 0.3) is 5.91 Å². The normalized spacial score (nSPS) is 10.7. The van der Waals surface area contributed by atoms with Crippen LogP contribution < -0.4 is 22.5 Å². The molecule has 0 saturated heterocycles. The number of nitrogens with two attached hydrogens (primary N) is 3. The van der Waals surface area contributed by atoms with E-state index in [9.17, 15) is 4.79 Å². The fourth-order valence-electron chi connectivity index (χ4n) is 3.77. The van der Waals surface area contributed by atoms with E-state index in [1.54, 1.807) is 24.3 Å². The van der Waals surface area contributed by atoms with E-state index in [0.717, 1.165) is 28.1 Å². The summed E-state index contributed by atoms with van der Waals surface area (Å²) < 4.78 is 0. The molecule has 7 heteroatoms. The minimum atomic E-state index is -0.202. The van der Waals surface area contributed by atoms with Crippen molar-refractivity contribution in [3.05, 3.63) is 103 Å². The summed E-state index contributed by atoms with van der Waals surface area (Å²) in [6.07, 6.45) is 0. The zero-order valence-corrected chi connectivity index (χ0v) is 18.8. The molecule has 0 atom stereocenters. The number of imidazole rings is 1. The molecule has 0 aliphatic carbocycles. The molecule has 1 aromatic heterocycles. The highest BCUT2D eigenvalue weighted by Crippen LogP contribution is 2.34. The molecule has 1 amide bonds. The first-order valence-corrected chi connectivity index (χ1v) is 11.1. The van der Waals surface area contributed by atoms with E-state index in [2.05, 4.69) is 10.3 Å². The maximum absolute atomic E-state index is 12.5. The van der Waals surface area contributed by atoms with Crippen LogP contribution >= 0.6 is 0 Å². The van der Waals surface area contributed by atoms with E-state index in [-0.39, 0.29) is 5.91 Å². The van der Waals surface area contributed by atoms with Crippen molar-refractivity contribution in [1.82, 2.24) is 9.97 Å². The maximum atomic E-state index is 12.5. The van der Waals surface area contributed by atoms with Gasteiger partial charge in [-0.2, -0.15) is 0 Å². The lowest BCUT2D eigenvalue weighted by Gasteiger charge is -2.06. The van der Waals surface area contributed by atoms with Crippen LogP contribution in [0.1, 0.15) is 10.4 Å². The van der Waals surface area contributed by atoms with Crippen molar-refractivity contribution in [3.63, 3.8) is 0 Å². The van der Waals surface area contributed by atoms with Crippen molar-refractivity contribution in [2.75, 3.05) is 22.5 Å². The van der Waals surface area contributed by atoms with E-state index in [1.807, 2.05) is 72.8 Å². The average Bonchev–Trinajstić information content (AvgIpc) is 3.31. The van der Waals surface area contributed by atoms with Gasteiger partial charge in [-0.05, 0) is 72.8 Å². The molecule has 0 aliphatic rings. The van der Waals surface area contributed by atoms with Gasteiger partial charge in [0.1, 0.15) is 5.82 Å². The van der Waals surface area contributed by atoms with E-state index in [1.165, 1.54) is 0 Å². The quantitative estimate of drug-likeness (QED) is 0.223. The summed E-state index contributed by atoms with van der Waals surface area (Å²) in [7, 11) is 0. The molecule has 1 heterocycles. The molecule has 0 spiro atoms. The second-order valence-corrected chi connectivity index (χ2v) is 8.21. The summed E-state index contributed by atoms with van der Waals surface area (Å²) in [5, 5.41) is 2.90. The molecule has 5 rings (SSSR count). The topological polar surface area (TPSA) is 136 Å². The first-order chi connectivity index (χ1) is 17.0. The number of nitrogens with one attached hydrogen (secondary N) is 2. The van der Waals surface area contributed by atoms with Crippen LogP contribution in [0.5, 0.6) is 0 Å². The lowest BCUT2D eigenvalue weighted by molar-refractivity contribution is 0.102. The Morgan fingerprint density at radius 3 is 1.69 bits per heavy atom. The monoisotopic (exact) mass is 460 g/mol. The third-order valence-electron chi connectivity index (χ3n) is 5.68. The second-order valence-electron chi connectivity index (χ2n) is 8.21. The summed E-state index contributed by atoms with van der Waals surface area (Å²) in [5.74, 6) is 0.507. The van der Waals surface area contributed by atoms with Crippen molar-refractivity contribution >= 4 is 28.7 Å². The van der Waals surface area contributed by atoms with Crippen molar-refractivity contribution in [1.29, 1.82) is 0 Å². The Bertz CT molecular complexity index is 1410. The number of H-pyrrole nitrogens is 1. The SMILES string of the molecule is Nc1ccc(C(=O)Nc2ccc(-c3nc(-c4ccc(N)cc4)c(-c4ccc(N)cc4)[nH]3)cc2)cc1. The highest BCUT2D eigenvalue weighted by Gasteiger charge is 2.16. The average molecular weight is 461 g/mol. The molecular formula is C28H24N6O. The maximum Gasteiger partial charge on any atom is 0.255 e. The number of carbonyl (C=O) groups is 1. The van der Waals surface area contributed by atoms with Gasteiger partial charge in [-0.3, -0.25) is 4.79 Å². The van der Waals surface area contributed by atoms with Gasteiger partial charge < -0.3 is 27.5 Å². The molecule has 0 aliphatic heterocycles. The number of nitrogen functional groups attached to an aromatic ring is 3. The van der Waals surface area contributed by atoms with Crippen molar-refractivity contribution in [3.8, 4) is 33.9 Å². The van der Waals surface area contributed by atoms with E-state index < -0.39 is 0 Å². The summed E-state index contributed by atoms with van der Waals surface area (Å²) in [6, 6.07) is 29.6. The lowest BCUT2D eigenvalue weighted by atomic mass is 10.0. The molecular weight excluding hydrogens is 436 g/mol. The molecule has 35 heavy (non-hydrogen) atoms. The van der Waals surface area contributed by atoms with Crippen LogP contribution in [-0.2, 0) is 0 Å². The predicted octanol–water partition coefficient (Wildman–Crippen LogP) is 5.41. The highest BCUT2D eigenvalue weighted by atomic mass is 16.1. The second kappa shape index (κ2) is 9.07. The number of hydrogen-bond donors (Lipinski definition) is 5. The predicted molar refractivity (Wildman–Crippen MR) is 143 cm³/mol. The van der Waals surface area contributed by atoms with Crippen LogP contribution in [0.4, 0.5) is 22.7 Å². The Labute approximate surface area is 202 Å². The molecule has 172 valence electrons. The Balaban J connectivity index is 1.45. The molecule has 0 bridgehead atoms. The number of aromatic amines is 1. The number of benzene rings is 4. The van der Waals surface area contributed by atoms with Gasteiger partial charge in [-0.25, -0.2) is 4.98 Å². The van der Waals surface area contributed by atoms with Gasteiger partial charge in [0.05, 0.1) is 11.4 Å². The largest absolute Gasteiger partial charge is 0.399 e. The number of carbonyl (C=O) groups excluding carboxylic acids is 1. The van der Waals surface area contributed by atoms with Gasteiger partial charge in [-0.1, -0.05) is 24.3 Å². The lowest BCUT2D eigenvalue weighted by Crippen LogP contribution is -2.11. The minimum Gasteiger partial charge on any atom is -0.399 e. The van der Waals surface area contributed by atoms with Crippen molar-refractivity contribution in [2.45, 2.75) is 0 Å². The summed E-state index contributed by atoms with van der Waals surface area (Å²) in [6.45, 7) is 0. The van der Waals surface area contributed by atoms with Gasteiger partial charge in [0, 0.05) is 45.0 Å². The van der Waals surface area contributed by atoms with Gasteiger partial charge in [0.15, 0.2) is 0 Å². The number of rotatable bonds is 5. The van der Waals surface area contributed by atoms with Gasteiger partial charge >= 0.3 is 0 Å². The van der Waals surface area contributed by atoms with Crippen LogP contribution in [0.25, 0.3) is 33.9 Å². The Kier molecular flexibility index (Phi) is 5.65. The Hall–Kier alpha value is -5.04. The third kappa shape index (κ3) is 4.69. The Morgan fingerprint density at radius 1 is 0.629 bits per heavy atom. The number of amides is 1. The van der Waals surface area contributed by atoms with Crippen molar-refractivity contribution < 1.29 is 4.79 Å². The van der Waals surface area contributed by atoms with Crippen LogP contribution in [0.2, 0.25) is 0 Å². The molecule has 0 saturated carbocycles. The van der Waals surface area contributed by atoms with Gasteiger partial charge in [0.2, 0.25) is 0 Å². The first kappa shape index (κ1) is 21.8. The van der Waals surface area contributed by atoms with Crippen molar-refractivity contribution in [2.24, 2.45) is 0 Å². The molecule has 5 aromatic rings. The first-order valence-electron chi connectivity index (χ1n) is 11.1. The number of hydrogen-bond acceptors (Lipinski definition) is 5. The van der Waals surface area contributed by atoms with Crippen LogP contribution in [-0.4, -0.2) is 15.9 Å². The molecule has 0 fully saturated rings. The fourth-order valence-corrected chi connectivity index (χ4v) is 3.77. The highest BCUT2D eigenvalue weighted by molar-refractivity contribution is 6.04. The Morgan fingerprint density at radius 2 is 1.11 bits per heavy atom. The molecule has 8 N–H and O–H groups in total. The number of anilines is 4. The molecule has 7 nitrogen and oxygen atoms in total. The van der Waals surface area contributed by atoms with Crippen LogP contribution in [0, 0.1) is 0 Å². The standard InChI is InChI=1S/C28H24N6O/c29-21-9-1-17(2-10-21)25-26(18-3-11-22(30)12-4-18)34-27(33-25)19-7-15-24(16-8-19)32-28(35)20-5-13-23(31)14-6-20/h1-16H,29-31H2,(H,32,35)(H,33,34). The molecule has 0 radical (unpaired) electrons. The van der Waals surface area contributed by atoms with E-state index >= 15 is 0 Å². The zero-order valence-electron chi connectivity index (χ0n) is 18.8. The number of nitrogens with zero attached hydrogens (tertiary/aromatic N) is 1. The van der Waals surface area contributed by atoms with Crippen LogP contribution in [0.15, 0.2) is 97.1 Å². The summed E-state index contributed by atoms with van der Waals surface area (Å²) in [4.78, 5) is 20.9. The fraction of sp³-hybridized carbons (Fsp3) is 0. The summed E-state index contributed by atoms with van der Waals surface area (Å²) >= 11 is 0. The summed E-state index contributed by atoms with van der Waals surface area (Å²) in [5.41, 5.74) is 25.2. The molecule has 4 aromatic carbocycles. The number of aromatic nitrogens is 2. The van der Waals surface area contributed by atoms with Gasteiger partial charge in [-0.15, -0.1) is 0 Å². The zero-order chi connectivity index (χ0) is 24.4. The minimum absolute atomic E-state index is 0.202. The van der Waals surface area contributed by atoms with Crippen LogP contribution in [0.3, 0.4) is 0 Å². The third-order valence-corrected chi connectivity index (χ3v) is 5.68. The smallest absolute Gasteiger partial charge is 0.255 e. The van der Waals surface area contributed by atoms with E-state index in [4.69, 9.17) is 22.2 Å². The molecule has 0 unspecified atom stereocenters. The van der Waals surface area contributed by atoms with E-state index in [0.29, 0.717) is 34.1 Å².